The van der Waals surface area contributed by atoms with Crippen LogP contribution in [0.3, 0.4) is 0 Å². The molecule has 7 heteroatoms. The molecule has 0 aromatic heterocycles. The van der Waals surface area contributed by atoms with E-state index in [4.69, 9.17) is 15.8 Å². The number of benzene rings is 1. The lowest BCUT2D eigenvalue weighted by atomic mass is 10.2. The molecule has 0 atom stereocenters. The van der Waals surface area contributed by atoms with Crippen LogP contribution in [0.4, 0.5) is 10.5 Å². The Bertz CT molecular complexity index is 497. The molecule has 1 rings (SSSR count). The largest absolute Gasteiger partial charge is 0.465 e. The van der Waals surface area contributed by atoms with E-state index >= 15 is 0 Å². The summed E-state index contributed by atoms with van der Waals surface area (Å²) >= 11 is 0. The maximum Gasteiger partial charge on any atom is 0.409 e. The number of hydrogen-bond donors (Lipinski definition) is 2. The SMILES string of the molecule is Cc1ccc(NC(=O)O)c(S(=O)(=O)Cl)c1. The highest BCUT2D eigenvalue weighted by atomic mass is 35.7. The zero-order valence-electron chi connectivity index (χ0n) is 7.69. The monoisotopic (exact) mass is 249 g/mol. The van der Waals surface area contributed by atoms with E-state index in [9.17, 15) is 13.2 Å². The number of halogens is 1. The summed E-state index contributed by atoms with van der Waals surface area (Å²) in [7, 11) is 1.20. The van der Waals surface area contributed by atoms with Gasteiger partial charge in [0.1, 0.15) is 4.90 Å². The second-order valence-electron chi connectivity index (χ2n) is 2.87. The summed E-state index contributed by atoms with van der Waals surface area (Å²) in [4.78, 5) is 10.1. The van der Waals surface area contributed by atoms with Crippen molar-refractivity contribution in [1.82, 2.24) is 0 Å². The topological polar surface area (TPSA) is 83.5 Å². The fraction of sp³-hybridized carbons (Fsp3) is 0.125. The van der Waals surface area contributed by atoms with Crippen LogP contribution in [0.2, 0.25) is 0 Å². The Morgan fingerprint density at radius 1 is 1.47 bits per heavy atom. The number of rotatable bonds is 2. The molecule has 0 saturated carbocycles. The summed E-state index contributed by atoms with van der Waals surface area (Å²) in [6.45, 7) is 1.68. The van der Waals surface area contributed by atoms with Crippen LogP contribution in [0, 0.1) is 6.92 Å². The average Bonchev–Trinajstić information content (AvgIpc) is 2.05. The predicted molar refractivity (Wildman–Crippen MR) is 55.9 cm³/mol. The minimum atomic E-state index is -3.96. The molecule has 0 spiro atoms. The first-order chi connectivity index (χ1) is 6.80. The van der Waals surface area contributed by atoms with Crippen LogP contribution >= 0.6 is 10.7 Å². The number of carboxylic acid groups (broad SMARTS) is 1. The molecule has 1 aromatic rings. The molecule has 5 nitrogen and oxygen atoms in total. The van der Waals surface area contributed by atoms with Crippen LogP contribution < -0.4 is 5.32 Å². The van der Waals surface area contributed by atoms with Gasteiger partial charge >= 0.3 is 6.09 Å². The van der Waals surface area contributed by atoms with Crippen molar-refractivity contribution in [2.45, 2.75) is 11.8 Å². The molecule has 0 aliphatic rings. The Balaban J connectivity index is 3.33. The summed E-state index contributed by atoms with van der Waals surface area (Å²) in [5.74, 6) is 0. The molecule has 15 heavy (non-hydrogen) atoms. The molecular weight excluding hydrogens is 242 g/mol. The summed E-state index contributed by atoms with van der Waals surface area (Å²) in [6.07, 6.45) is -1.35. The van der Waals surface area contributed by atoms with Crippen LogP contribution in [-0.2, 0) is 9.05 Å². The van der Waals surface area contributed by atoms with Crippen LogP contribution in [0.1, 0.15) is 5.56 Å². The molecule has 0 bridgehead atoms. The molecule has 1 aromatic carbocycles. The summed E-state index contributed by atoms with van der Waals surface area (Å²) in [5, 5.41) is 10.4. The molecule has 0 radical (unpaired) electrons. The molecule has 0 aliphatic heterocycles. The highest BCUT2D eigenvalue weighted by molar-refractivity contribution is 8.13. The molecule has 0 unspecified atom stereocenters. The zero-order valence-corrected chi connectivity index (χ0v) is 9.26. The van der Waals surface area contributed by atoms with E-state index in [2.05, 4.69) is 0 Å². The second kappa shape index (κ2) is 4.08. The average molecular weight is 250 g/mol. The highest BCUT2D eigenvalue weighted by Gasteiger charge is 2.16. The van der Waals surface area contributed by atoms with Gasteiger partial charge < -0.3 is 5.11 Å². The van der Waals surface area contributed by atoms with E-state index in [1.165, 1.54) is 12.1 Å². The number of hydrogen-bond acceptors (Lipinski definition) is 3. The normalized spacial score (nSPS) is 11.1. The molecule has 82 valence electrons. The van der Waals surface area contributed by atoms with E-state index in [-0.39, 0.29) is 10.6 Å². The Morgan fingerprint density at radius 2 is 2.07 bits per heavy atom. The quantitative estimate of drug-likeness (QED) is 0.786. The van der Waals surface area contributed by atoms with Crippen molar-refractivity contribution < 1.29 is 18.3 Å². The second-order valence-corrected chi connectivity index (χ2v) is 5.40. The van der Waals surface area contributed by atoms with E-state index in [1.807, 2.05) is 5.32 Å². The zero-order chi connectivity index (χ0) is 11.6. The smallest absolute Gasteiger partial charge is 0.409 e. The van der Waals surface area contributed by atoms with Gasteiger partial charge in [0, 0.05) is 10.7 Å². The third kappa shape index (κ3) is 3.10. The molecule has 1 amide bonds. The van der Waals surface area contributed by atoms with Gasteiger partial charge in [-0.15, -0.1) is 0 Å². The molecule has 0 fully saturated rings. The van der Waals surface area contributed by atoms with Crippen molar-refractivity contribution in [3.8, 4) is 0 Å². The first-order valence-electron chi connectivity index (χ1n) is 3.86. The molecule has 2 N–H and O–H groups in total. The molecule has 0 aliphatic carbocycles. The predicted octanol–water partition coefficient (Wildman–Crippen LogP) is 2.01. The van der Waals surface area contributed by atoms with E-state index in [0.717, 1.165) is 0 Å². The van der Waals surface area contributed by atoms with Gasteiger partial charge in [-0.25, -0.2) is 13.2 Å². The maximum atomic E-state index is 11.1. The van der Waals surface area contributed by atoms with Crippen molar-refractivity contribution in [3.05, 3.63) is 23.8 Å². The summed E-state index contributed by atoms with van der Waals surface area (Å²) in [5.41, 5.74) is 0.619. The van der Waals surface area contributed by atoms with Crippen LogP contribution in [0.15, 0.2) is 23.1 Å². The van der Waals surface area contributed by atoms with Crippen LogP contribution in [0.25, 0.3) is 0 Å². The van der Waals surface area contributed by atoms with E-state index < -0.39 is 15.1 Å². The first kappa shape index (κ1) is 11.8. The third-order valence-electron chi connectivity index (χ3n) is 1.64. The number of carbonyl (C=O) groups is 1. The lowest BCUT2D eigenvalue weighted by Crippen LogP contribution is -2.10. The number of nitrogens with one attached hydrogen (secondary N) is 1. The van der Waals surface area contributed by atoms with Gasteiger partial charge in [0.2, 0.25) is 0 Å². The fourth-order valence-corrected chi connectivity index (χ4v) is 2.14. The number of aryl methyl sites for hydroxylation is 1. The Hall–Kier alpha value is -1.27. The summed E-state index contributed by atoms with van der Waals surface area (Å²) < 4.78 is 22.2. The van der Waals surface area contributed by atoms with Crippen molar-refractivity contribution in [2.24, 2.45) is 0 Å². The molecular formula is C8H8ClNO4S. The Kier molecular flexibility index (Phi) is 3.21. The van der Waals surface area contributed by atoms with Gasteiger partial charge in [-0.3, -0.25) is 5.32 Å². The number of amides is 1. The Morgan fingerprint density at radius 3 is 2.53 bits per heavy atom. The van der Waals surface area contributed by atoms with Crippen molar-refractivity contribution >= 4 is 31.5 Å². The van der Waals surface area contributed by atoms with Crippen molar-refractivity contribution in [2.75, 3.05) is 5.32 Å². The Labute approximate surface area is 91.1 Å². The number of anilines is 1. The van der Waals surface area contributed by atoms with Crippen LogP contribution in [-0.4, -0.2) is 19.6 Å². The van der Waals surface area contributed by atoms with Crippen LogP contribution in [0.5, 0.6) is 0 Å². The van der Waals surface area contributed by atoms with Gasteiger partial charge in [-0.1, -0.05) is 6.07 Å². The van der Waals surface area contributed by atoms with Gasteiger partial charge in [0.25, 0.3) is 9.05 Å². The minimum absolute atomic E-state index is 0.0527. The standard InChI is InChI=1S/C8H8ClNO4S/c1-5-2-3-6(10-8(11)12)7(4-5)15(9,13)14/h2-4,10H,1H3,(H,11,12). The third-order valence-corrected chi connectivity index (χ3v) is 3.00. The van der Waals surface area contributed by atoms with Crippen molar-refractivity contribution in [3.63, 3.8) is 0 Å². The van der Waals surface area contributed by atoms with Crippen molar-refractivity contribution in [1.29, 1.82) is 0 Å². The first-order valence-corrected chi connectivity index (χ1v) is 6.17. The lowest BCUT2D eigenvalue weighted by molar-refractivity contribution is 0.209. The molecule has 0 saturated heterocycles. The highest BCUT2D eigenvalue weighted by Crippen LogP contribution is 2.25. The van der Waals surface area contributed by atoms with Gasteiger partial charge in [0.05, 0.1) is 5.69 Å². The van der Waals surface area contributed by atoms with Gasteiger partial charge in [0.15, 0.2) is 0 Å². The maximum absolute atomic E-state index is 11.1. The minimum Gasteiger partial charge on any atom is -0.465 e. The fourth-order valence-electron chi connectivity index (χ4n) is 1.05. The van der Waals surface area contributed by atoms with Gasteiger partial charge in [-0.2, -0.15) is 0 Å². The van der Waals surface area contributed by atoms with Gasteiger partial charge in [-0.05, 0) is 24.6 Å². The summed E-state index contributed by atoms with van der Waals surface area (Å²) in [6, 6.07) is 4.23. The van der Waals surface area contributed by atoms with E-state index in [1.54, 1.807) is 13.0 Å². The lowest BCUT2D eigenvalue weighted by Gasteiger charge is -2.06. The molecule has 0 heterocycles. The van der Waals surface area contributed by atoms with E-state index in [0.29, 0.717) is 5.56 Å².